The van der Waals surface area contributed by atoms with Crippen LogP contribution in [0.5, 0.6) is 5.75 Å². The summed E-state index contributed by atoms with van der Waals surface area (Å²) in [5.74, 6) is -0.337. The number of benzene rings is 2. The molecule has 0 spiro atoms. The molecule has 2 aromatic carbocycles. The highest BCUT2D eigenvalue weighted by Crippen LogP contribution is 2.30. The smallest absolute Gasteiger partial charge is 0.422 e. The Morgan fingerprint density at radius 1 is 1.24 bits per heavy atom. The molecule has 1 N–H and O–H groups in total. The third-order valence-electron chi connectivity index (χ3n) is 3.10. The van der Waals surface area contributed by atoms with Gasteiger partial charge in [0.25, 0.3) is 5.91 Å². The summed E-state index contributed by atoms with van der Waals surface area (Å²) in [6.45, 7) is -1.37. The number of carbonyl (C=O) groups excluding carboxylic acids is 1. The number of aromatic nitrogens is 1. The van der Waals surface area contributed by atoms with Gasteiger partial charge in [-0.15, -0.1) is 0 Å². The summed E-state index contributed by atoms with van der Waals surface area (Å²) < 4.78 is 41.9. The SMILES string of the molecule is O=C(Nc1nc2ccc(OCC(F)(F)F)cc2s1)c1ccccc1Cl. The second-order valence-corrected chi connectivity index (χ2v) is 6.42. The quantitative estimate of drug-likeness (QED) is 0.675. The number of hydrogen-bond acceptors (Lipinski definition) is 4. The monoisotopic (exact) mass is 386 g/mol. The first-order valence-corrected chi connectivity index (χ1v) is 8.17. The highest BCUT2D eigenvalue weighted by atomic mass is 35.5. The molecule has 130 valence electrons. The number of amides is 1. The van der Waals surface area contributed by atoms with Crippen molar-refractivity contribution in [2.24, 2.45) is 0 Å². The summed E-state index contributed by atoms with van der Waals surface area (Å²) in [4.78, 5) is 16.4. The Kier molecular flexibility index (Phi) is 4.82. The van der Waals surface area contributed by atoms with Crippen molar-refractivity contribution in [2.75, 3.05) is 11.9 Å². The van der Waals surface area contributed by atoms with Gasteiger partial charge >= 0.3 is 6.18 Å². The third-order valence-corrected chi connectivity index (χ3v) is 4.36. The Hall–Kier alpha value is -2.32. The van der Waals surface area contributed by atoms with Crippen LogP contribution in [-0.2, 0) is 0 Å². The van der Waals surface area contributed by atoms with Crippen LogP contribution >= 0.6 is 22.9 Å². The van der Waals surface area contributed by atoms with E-state index in [1.807, 2.05) is 0 Å². The van der Waals surface area contributed by atoms with E-state index in [0.29, 0.717) is 25.9 Å². The first-order chi connectivity index (χ1) is 11.8. The highest BCUT2D eigenvalue weighted by Gasteiger charge is 2.28. The zero-order valence-electron chi connectivity index (χ0n) is 12.4. The number of nitrogens with one attached hydrogen (secondary N) is 1. The lowest BCUT2D eigenvalue weighted by Crippen LogP contribution is -2.19. The van der Waals surface area contributed by atoms with E-state index >= 15 is 0 Å². The molecule has 0 fully saturated rings. The molecule has 0 unspecified atom stereocenters. The Morgan fingerprint density at radius 2 is 2.00 bits per heavy atom. The number of nitrogens with zero attached hydrogens (tertiary/aromatic N) is 1. The number of fused-ring (bicyclic) bond motifs is 1. The molecule has 0 saturated carbocycles. The maximum absolute atomic E-state index is 12.2. The van der Waals surface area contributed by atoms with Gasteiger partial charge in [-0.25, -0.2) is 4.98 Å². The summed E-state index contributed by atoms with van der Waals surface area (Å²) in [5, 5.41) is 3.25. The summed E-state index contributed by atoms with van der Waals surface area (Å²) in [7, 11) is 0. The van der Waals surface area contributed by atoms with E-state index in [0.717, 1.165) is 11.3 Å². The normalized spacial score (nSPS) is 11.5. The van der Waals surface area contributed by atoms with Crippen LogP contribution in [0.2, 0.25) is 5.02 Å². The first kappa shape index (κ1) is 17.5. The van der Waals surface area contributed by atoms with Gasteiger partial charge in [0.2, 0.25) is 0 Å². The molecule has 25 heavy (non-hydrogen) atoms. The van der Waals surface area contributed by atoms with Crippen molar-refractivity contribution in [1.82, 2.24) is 4.98 Å². The summed E-state index contributed by atoms with van der Waals surface area (Å²) >= 11 is 7.10. The fraction of sp³-hybridized carbons (Fsp3) is 0.125. The molecule has 3 rings (SSSR count). The topological polar surface area (TPSA) is 51.2 Å². The molecule has 0 saturated heterocycles. The highest BCUT2D eigenvalue weighted by molar-refractivity contribution is 7.22. The molecule has 0 aliphatic heterocycles. The van der Waals surface area contributed by atoms with Gasteiger partial charge in [-0.3, -0.25) is 10.1 Å². The Labute approximate surface area is 149 Å². The number of thiazole rings is 1. The van der Waals surface area contributed by atoms with Gasteiger partial charge in [-0.1, -0.05) is 35.1 Å². The van der Waals surface area contributed by atoms with E-state index in [1.165, 1.54) is 18.2 Å². The van der Waals surface area contributed by atoms with Crippen LogP contribution in [0.1, 0.15) is 10.4 Å². The number of carbonyl (C=O) groups is 1. The fourth-order valence-electron chi connectivity index (χ4n) is 2.02. The van der Waals surface area contributed by atoms with Crippen molar-refractivity contribution in [2.45, 2.75) is 6.18 Å². The van der Waals surface area contributed by atoms with Crippen LogP contribution in [0.25, 0.3) is 10.2 Å². The Bertz CT molecular complexity index is 927. The minimum absolute atomic E-state index is 0.0810. The lowest BCUT2D eigenvalue weighted by atomic mass is 10.2. The largest absolute Gasteiger partial charge is 0.484 e. The number of alkyl halides is 3. The van der Waals surface area contributed by atoms with Crippen molar-refractivity contribution < 1.29 is 22.7 Å². The van der Waals surface area contributed by atoms with Gasteiger partial charge in [0, 0.05) is 0 Å². The van der Waals surface area contributed by atoms with E-state index in [9.17, 15) is 18.0 Å². The van der Waals surface area contributed by atoms with Crippen LogP contribution in [0.3, 0.4) is 0 Å². The van der Waals surface area contributed by atoms with E-state index < -0.39 is 18.7 Å². The molecule has 1 aromatic heterocycles. The second kappa shape index (κ2) is 6.89. The lowest BCUT2D eigenvalue weighted by molar-refractivity contribution is -0.153. The van der Waals surface area contributed by atoms with Gasteiger partial charge in [0.1, 0.15) is 5.75 Å². The minimum atomic E-state index is -4.41. The molecule has 1 amide bonds. The third kappa shape index (κ3) is 4.40. The molecule has 0 radical (unpaired) electrons. The van der Waals surface area contributed by atoms with Gasteiger partial charge < -0.3 is 4.74 Å². The predicted octanol–water partition coefficient (Wildman–Crippen LogP) is 5.14. The van der Waals surface area contributed by atoms with Crippen LogP contribution < -0.4 is 10.1 Å². The fourth-order valence-corrected chi connectivity index (χ4v) is 3.13. The van der Waals surface area contributed by atoms with Gasteiger partial charge in [0.05, 0.1) is 20.8 Å². The van der Waals surface area contributed by atoms with Crippen molar-refractivity contribution in [1.29, 1.82) is 0 Å². The summed E-state index contributed by atoms with van der Waals surface area (Å²) in [5.41, 5.74) is 0.844. The Balaban J connectivity index is 1.77. The molecular formula is C16H10ClF3N2O2S. The average Bonchev–Trinajstić information content (AvgIpc) is 2.94. The van der Waals surface area contributed by atoms with Gasteiger partial charge in [0.15, 0.2) is 11.7 Å². The van der Waals surface area contributed by atoms with E-state index in [4.69, 9.17) is 16.3 Å². The van der Waals surface area contributed by atoms with E-state index in [-0.39, 0.29) is 5.75 Å². The second-order valence-electron chi connectivity index (χ2n) is 4.99. The number of rotatable bonds is 4. The Morgan fingerprint density at radius 3 is 2.72 bits per heavy atom. The molecule has 0 atom stereocenters. The van der Waals surface area contributed by atoms with Crippen LogP contribution in [0.15, 0.2) is 42.5 Å². The zero-order chi connectivity index (χ0) is 18.0. The number of anilines is 1. The van der Waals surface area contributed by atoms with E-state index in [1.54, 1.807) is 24.3 Å². The first-order valence-electron chi connectivity index (χ1n) is 6.98. The molecule has 3 aromatic rings. The van der Waals surface area contributed by atoms with E-state index in [2.05, 4.69) is 10.3 Å². The number of hydrogen-bond donors (Lipinski definition) is 1. The molecule has 1 heterocycles. The summed E-state index contributed by atoms with van der Waals surface area (Å²) in [6.07, 6.45) is -4.41. The number of halogens is 4. The van der Waals surface area contributed by atoms with Gasteiger partial charge in [-0.05, 0) is 30.3 Å². The van der Waals surface area contributed by atoms with Crippen molar-refractivity contribution >= 4 is 44.2 Å². The maximum Gasteiger partial charge on any atom is 0.422 e. The number of ether oxygens (including phenoxy) is 1. The predicted molar refractivity (Wildman–Crippen MR) is 90.6 cm³/mol. The maximum atomic E-state index is 12.2. The standard InChI is InChI=1S/C16H10ClF3N2O2S/c17-11-4-2-1-3-10(11)14(23)22-15-21-12-6-5-9(7-13(12)25-15)24-8-16(18,19)20/h1-7H,8H2,(H,21,22,23). The van der Waals surface area contributed by atoms with Crippen LogP contribution in [0.4, 0.5) is 18.3 Å². The molecule has 0 aliphatic rings. The molecule has 9 heteroatoms. The van der Waals surface area contributed by atoms with Crippen molar-refractivity contribution in [3.8, 4) is 5.75 Å². The van der Waals surface area contributed by atoms with Gasteiger partial charge in [-0.2, -0.15) is 13.2 Å². The van der Waals surface area contributed by atoms with Crippen LogP contribution in [-0.4, -0.2) is 23.7 Å². The summed E-state index contributed by atoms with van der Waals surface area (Å²) in [6, 6.07) is 10.9. The average molecular weight is 387 g/mol. The van der Waals surface area contributed by atoms with Crippen molar-refractivity contribution in [3.05, 3.63) is 53.1 Å². The minimum Gasteiger partial charge on any atom is -0.484 e. The molecule has 4 nitrogen and oxygen atoms in total. The molecule has 0 aliphatic carbocycles. The van der Waals surface area contributed by atoms with Crippen LogP contribution in [0, 0.1) is 0 Å². The molecular weight excluding hydrogens is 377 g/mol. The molecule has 0 bridgehead atoms. The van der Waals surface area contributed by atoms with Crippen molar-refractivity contribution in [3.63, 3.8) is 0 Å². The lowest BCUT2D eigenvalue weighted by Gasteiger charge is -2.08. The zero-order valence-corrected chi connectivity index (χ0v) is 14.0.